The molecule has 0 radical (unpaired) electrons. The predicted octanol–water partition coefficient (Wildman–Crippen LogP) is 1.47. The van der Waals surface area contributed by atoms with Crippen molar-refractivity contribution in [3.63, 3.8) is 0 Å². The van der Waals surface area contributed by atoms with Crippen LogP contribution in [0.15, 0.2) is 35.5 Å². The lowest BCUT2D eigenvalue weighted by Crippen LogP contribution is -2.15. The Labute approximate surface area is 139 Å². The number of methoxy groups -OCH3 is 1. The number of hydrogen-bond acceptors (Lipinski definition) is 6. The Morgan fingerprint density at radius 1 is 1.30 bits per heavy atom. The number of thioether (sulfide) groups is 1. The molecule has 0 saturated heterocycles. The average Bonchev–Trinajstić information content (AvgIpc) is 2.94. The van der Waals surface area contributed by atoms with Crippen molar-refractivity contribution in [2.75, 3.05) is 19.5 Å². The van der Waals surface area contributed by atoms with Crippen molar-refractivity contribution in [2.24, 2.45) is 5.73 Å². The zero-order chi connectivity index (χ0) is 16.5. The van der Waals surface area contributed by atoms with E-state index in [4.69, 9.17) is 15.2 Å². The second-order valence-electron chi connectivity index (χ2n) is 4.75. The van der Waals surface area contributed by atoms with E-state index in [1.165, 1.54) is 11.8 Å². The fraction of sp³-hybridized carbons (Fsp3) is 0.400. The lowest BCUT2D eigenvalue weighted by atomic mass is 10.3. The third-order valence-corrected chi connectivity index (χ3v) is 3.97. The molecule has 8 heteroatoms. The van der Waals surface area contributed by atoms with Crippen molar-refractivity contribution < 1.29 is 14.3 Å². The highest BCUT2D eigenvalue weighted by Gasteiger charge is 2.14. The lowest BCUT2D eigenvalue weighted by Gasteiger charge is -2.10. The number of aromatic nitrogens is 3. The number of benzene rings is 1. The number of hydrogen-bond donors (Lipinski definition) is 1. The van der Waals surface area contributed by atoms with E-state index < -0.39 is 0 Å². The quantitative estimate of drug-likeness (QED) is 0.522. The normalized spacial score (nSPS) is 10.7. The van der Waals surface area contributed by atoms with Gasteiger partial charge >= 0.3 is 0 Å². The molecule has 0 unspecified atom stereocenters. The first-order valence-electron chi connectivity index (χ1n) is 7.20. The molecule has 0 saturated carbocycles. The van der Waals surface area contributed by atoms with Crippen molar-refractivity contribution in [3.05, 3.63) is 36.2 Å². The summed E-state index contributed by atoms with van der Waals surface area (Å²) in [5.41, 5.74) is 5.19. The van der Waals surface area contributed by atoms with E-state index in [1.54, 1.807) is 7.11 Å². The molecular weight excluding hydrogens is 316 g/mol. The molecule has 0 aliphatic heterocycles. The minimum Gasteiger partial charge on any atom is -0.486 e. The summed E-state index contributed by atoms with van der Waals surface area (Å²) in [4.78, 5) is 11.0. The topological polar surface area (TPSA) is 92.3 Å². The summed E-state index contributed by atoms with van der Waals surface area (Å²) in [6, 6.07) is 9.51. The highest BCUT2D eigenvalue weighted by atomic mass is 32.2. The molecule has 1 aromatic heterocycles. The Balaban J connectivity index is 2.05. The Hall–Kier alpha value is -2.06. The molecule has 2 N–H and O–H groups in total. The summed E-state index contributed by atoms with van der Waals surface area (Å²) < 4.78 is 12.7. The number of primary amides is 1. The van der Waals surface area contributed by atoms with Gasteiger partial charge in [0.05, 0.1) is 5.75 Å². The van der Waals surface area contributed by atoms with Gasteiger partial charge in [-0.2, -0.15) is 0 Å². The van der Waals surface area contributed by atoms with Crippen LogP contribution < -0.4 is 10.5 Å². The molecule has 1 amide bonds. The maximum absolute atomic E-state index is 11.0. The number of para-hydroxylation sites is 1. The number of carbonyl (C=O) groups is 1. The van der Waals surface area contributed by atoms with Gasteiger partial charge < -0.3 is 19.8 Å². The molecule has 23 heavy (non-hydrogen) atoms. The molecule has 2 rings (SSSR count). The summed E-state index contributed by atoms with van der Waals surface area (Å²) >= 11 is 1.27. The molecule has 0 fully saturated rings. The Bertz CT molecular complexity index is 618. The van der Waals surface area contributed by atoms with Gasteiger partial charge in [0.25, 0.3) is 0 Å². The van der Waals surface area contributed by atoms with Gasteiger partial charge in [0.2, 0.25) is 5.91 Å². The van der Waals surface area contributed by atoms with E-state index in [0.717, 1.165) is 12.2 Å². The summed E-state index contributed by atoms with van der Waals surface area (Å²) in [6.07, 6.45) is 0.816. The predicted molar refractivity (Wildman–Crippen MR) is 87.2 cm³/mol. The summed E-state index contributed by atoms with van der Waals surface area (Å²) in [5.74, 6) is 1.26. The molecule has 0 spiro atoms. The fourth-order valence-corrected chi connectivity index (χ4v) is 2.65. The van der Waals surface area contributed by atoms with Crippen LogP contribution in [-0.2, 0) is 22.7 Å². The smallest absolute Gasteiger partial charge is 0.227 e. The van der Waals surface area contributed by atoms with Crippen LogP contribution in [0.3, 0.4) is 0 Å². The van der Waals surface area contributed by atoms with Gasteiger partial charge in [0.15, 0.2) is 11.0 Å². The van der Waals surface area contributed by atoms with Crippen LogP contribution in [-0.4, -0.2) is 40.1 Å². The first kappa shape index (κ1) is 17.3. The minimum absolute atomic E-state index is 0.169. The molecule has 7 nitrogen and oxygen atoms in total. The zero-order valence-electron chi connectivity index (χ0n) is 13.0. The van der Waals surface area contributed by atoms with Crippen LogP contribution in [0, 0.1) is 0 Å². The van der Waals surface area contributed by atoms with Gasteiger partial charge in [0.1, 0.15) is 12.4 Å². The Morgan fingerprint density at radius 2 is 2.09 bits per heavy atom. The van der Waals surface area contributed by atoms with Crippen LogP contribution in [0.25, 0.3) is 0 Å². The highest BCUT2D eigenvalue weighted by Crippen LogP contribution is 2.18. The highest BCUT2D eigenvalue weighted by molar-refractivity contribution is 7.99. The molecule has 0 atom stereocenters. The van der Waals surface area contributed by atoms with E-state index in [2.05, 4.69) is 10.2 Å². The molecule has 124 valence electrons. The Kier molecular flexibility index (Phi) is 6.89. The number of ether oxygens (including phenoxy) is 2. The molecule has 0 aliphatic rings. The van der Waals surface area contributed by atoms with E-state index in [0.29, 0.717) is 30.7 Å². The van der Waals surface area contributed by atoms with Gasteiger partial charge in [-0.3, -0.25) is 4.79 Å². The number of nitrogens with zero attached hydrogens (tertiary/aromatic N) is 3. The van der Waals surface area contributed by atoms with Gasteiger partial charge in [-0.15, -0.1) is 10.2 Å². The van der Waals surface area contributed by atoms with E-state index in [1.807, 2.05) is 34.9 Å². The summed E-state index contributed by atoms with van der Waals surface area (Å²) in [7, 11) is 1.66. The maximum atomic E-state index is 11.0. The molecule has 1 heterocycles. The van der Waals surface area contributed by atoms with Gasteiger partial charge in [-0.1, -0.05) is 30.0 Å². The number of nitrogens with two attached hydrogens (primary N) is 1. The first-order valence-corrected chi connectivity index (χ1v) is 8.19. The first-order chi connectivity index (χ1) is 11.2. The second kappa shape index (κ2) is 9.16. The van der Waals surface area contributed by atoms with Crippen LogP contribution in [0.1, 0.15) is 12.2 Å². The SMILES string of the molecule is COCCCn1c(COc2ccccc2)nnc1SCC(N)=O. The minimum atomic E-state index is -0.386. The van der Waals surface area contributed by atoms with Crippen molar-refractivity contribution in [1.29, 1.82) is 0 Å². The van der Waals surface area contributed by atoms with E-state index >= 15 is 0 Å². The van der Waals surface area contributed by atoms with Gasteiger partial charge in [-0.05, 0) is 18.6 Å². The number of amides is 1. The van der Waals surface area contributed by atoms with Crippen molar-refractivity contribution in [1.82, 2.24) is 14.8 Å². The third kappa shape index (κ3) is 5.57. The largest absolute Gasteiger partial charge is 0.486 e. The molecule has 2 aromatic rings. The average molecular weight is 336 g/mol. The van der Waals surface area contributed by atoms with Crippen LogP contribution in [0.4, 0.5) is 0 Å². The van der Waals surface area contributed by atoms with E-state index in [9.17, 15) is 4.79 Å². The standard InChI is InChI=1S/C15H20N4O3S/c1-21-9-5-8-19-14(10-22-12-6-3-2-4-7-12)17-18-15(19)23-11-13(16)20/h2-4,6-7H,5,8-11H2,1H3,(H2,16,20). The lowest BCUT2D eigenvalue weighted by molar-refractivity contribution is -0.115. The van der Waals surface area contributed by atoms with Crippen LogP contribution >= 0.6 is 11.8 Å². The maximum Gasteiger partial charge on any atom is 0.227 e. The van der Waals surface area contributed by atoms with E-state index in [-0.39, 0.29) is 11.7 Å². The fourth-order valence-electron chi connectivity index (χ4n) is 1.92. The van der Waals surface area contributed by atoms with Crippen molar-refractivity contribution in [2.45, 2.75) is 24.7 Å². The third-order valence-electron chi connectivity index (χ3n) is 2.98. The van der Waals surface area contributed by atoms with Crippen molar-refractivity contribution >= 4 is 17.7 Å². The second-order valence-corrected chi connectivity index (χ2v) is 5.70. The molecular formula is C15H20N4O3S. The molecule has 0 bridgehead atoms. The number of carbonyl (C=O) groups excluding carboxylic acids is 1. The van der Waals surface area contributed by atoms with Crippen LogP contribution in [0.5, 0.6) is 5.75 Å². The Morgan fingerprint density at radius 3 is 2.78 bits per heavy atom. The number of rotatable bonds is 10. The van der Waals surface area contributed by atoms with Gasteiger partial charge in [0, 0.05) is 20.3 Å². The summed E-state index contributed by atoms with van der Waals surface area (Å²) in [5, 5.41) is 8.95. The van der Waals surface area contributed by atoms with Crippen LogP contribution in [0.2, 0.25) is 0 Å². The molecule has 1 aromatic carbocycles. The zero-order valence-corrected chi connectivity index (χ0v) is 13.8. The molecule has 0 aliphatic carbocycles. The monoisotopic (exact) mass is 336 g/mol. The van der Waals surface area contributed by atoms with Crippen molar-refractivity contribution in [3.8, 4) is 5.75 Å². The van der Waals surface area contributed by atoms with Gasteiger partial charge in [-0.25, -0.2) is 0 Å². The summed E-state index contributed by atoms with van der Waals surface area (Å²) in [6.45, 7) is 1.63.